The smallest absolute Gasteiger partial charge is 0.201 e. The minimum atomic E-state index is -3.49. The highest BCUT2D eigenvalue weighted by Crippen LogP contribution is 2.10. The van der Waals surface area contributed by atoms with Crippen molar-refractivity contribution in [1.82, 2.24) is 0 Å². The van der Waals surface area contributed by atoms with Crippen molar-refractivity contribution in [3.63, 3.8) is 0 Å². The third-order valence-corrected chi connectivity index (χ3v) is 3.42. The average Bonchev–Trinajstić information content (AvgIpc) is 2.04. The van der Waals surface area contributed by atoms with E-state index in [1.54, 1.807) is 18.2 Å². The van der Waals surface area contributed by atoms with Gasteiger partial charge in [0.2, 0.25) is 5.12 Å². The lowest BCUT2D eigenvalue weighted by Gasteiger charge is -1.99. The molecule has 0 amide bonds. The zero-order chi connectivity index (χ0) is 9.90. The van der Waals surface area contributed by atoms with E-state index in [2.05, 4.69) is 12.6 Å². The van der Waals surface area contributed by atoms with Gasteiger partial charge in [-0.15, -0.1) is 12.6 Å². The molecule has 0 bridgehead atoms. The second-order valence-corrected chi connectivity index (χ2v) is 4.95. The maximum absolute atomic E-state index is 11.4. The van der Waals surface area contributed by atoms with Crippen LogP contribution in [-0.4, -0.2) is 19.3 Å². The zero-order valence-corrected chi connectivity index (χ0v) is 8.38. The molecule has 1 aromatic rings. The summed E-state index contributed by atoms with van der Waals surface area (Å²) >= 11 is 3.42. The van der Waals surface area contributed by atoms with Gasteiger partial charge < -0.3 is 0 Å². The lowest BCUT2D eigenvalue weighted by Crippen LogP contribution is -2.11. The first-order chi connectivity index (χ1) is 6.02. The van der Waals surface area contributed by atoms with E-state index in [-0.39, 0.29) is 4.90 Å². The fourth-order valence-corrected chi connectivity index (χ4v) is 2.45. The Morgan fingerprint density at radius 1 is 1.23 bits per heavy atom. The molecule has 0 fully saturated rings. The molecule has 0 saturated heterocycles. The second-order valence-electron chi connectivity index (χ2n) is 2.47. The number of hydrogen-bond acceptors (Lipinski definition) is 3. The van der Waals surface area contributed by atoms with Crippen LogP contribution in [0.15, 0.2) is 35.2 Å². The number of hydrogen-bond donors (Lipinski definition) is 1. The maximum Gasteiger partial charge on any atom is 0.201 e. The Labute approximate surface area is 82.1 Å². The van der Waals surface area contributed by atoms with Crippen LogP contribution in [0.5, 0.6) is 0 Å². The molecule has 5 heteroatoms. The third-order valence-electron chi connectivity index (χ3n) is 1.42. The molecule has 0 spiro atoms. The number of carbonyl (C=O) groups is 1. The van der Waals surface area contributed by atoms with Crippen molar-refractivity contribution in [2.75, 3.05) is 5.75 Å². The molecule has 0 saturated carbocycles. The van der Waals surface area contributed by atoms with Gasteiger partial charge in [0.25, 0.3) is 0 Å². The van der Waals surface area contributed by atoms with E-state index in [1.165, 1.54) is 12.1 Å². The minimum absolute atomic E-state index is 0.150. The van der Waals surface area contributed by atoms with E-state index in [0.717, 1.165) is 0 Å². The molecule has 70 valence electrons. The van der Waals surface area contributed by atoms with Crippen molar-refractivity contribution in [3.05, 3.63) is 30.3 Å². The summed E-state index contributed by atoms with van der Waals surface area (Å²) in [5.74, 6) is -0.555. The van der Waals surface area contributed by atoms with Crippen molar-refractivity contribution < 1.29 is 13.2 Å². The van der Waals surface area contributed by atoms with Crippen LogP contribution in [0.1, 0.15) is 0 Å². The van der Waals surface area contributed by atoms with E-state index in [0.29, 0.717) is 0 Å². The first kappa shape index (κ1) is 10.3. The quantitative estimate of drug-likeness (QED) is 0.764. The topological polar surface area (TPSA) is 51.2 Å². The fourth-order valence-electron chi connectivity index (χ4n) is 0.874. The predicted molar refractivity (Wildman–Crippen MR) is 52.5 cm³/mol. The summed E-state index contributed by atoms with van der Waals surface area (Å²) in [6.45, 7) is 0. The molecule has 3 nitrogen and oxygen atoms in total. The monoisotopic (exact) mass is 216 g/mol. The standard InChI is InChI=1S/C8H8O3S2/c9-8(12)6-13(10,11)7-4-2-1-3-5-7/h1-5H,6H2,(H,9,12). The van der Waals surface area contributed by atoms with Crippen LogP contribution in [-0.2, 0) is 14.6 Å². The Balaban J connectivity index is 3.02. The van der Waals surface area contributed by atoms with Gasteiger partial charge in [-0.1, -0.05) is 18.2 Å². The zero-order valence-electron chi connectivity index (χ0n) is 6.67. The number of benzene rings is 1. The number of sulfone groups is 1. The number of thiol groups is 1. The molecule has 0 radical (unpaired) electrons. The molecule has 0 atom stereocenters. The van der Waals surface area contributed by atoms with Crippen LogP contribution < -0.4 is 0 Å². The summed E-state index contributed by atoms with van der Waals surface area (Å²) in [5, 5.41) is -0.649. The largest absolute Gasteiger partial charge is 0.286 e. The van der Waals surface area contributed by atoms with Gasteiger partial charge in [-0.05, 0) is 12.1 Å². The molecule has 0 aliphatic rings. The molecular weight excluding hydrogens is 208 g/mol. The highest BCUT2D eigenvalue weighted by molar-refractivity contribution is 8.01. The van der Waals surface area contributed by atoms with Crippen LogP contribution in [0.2, 0.25) is 0 Å². The summed E-state index contributed by atoms with van der Waals surface area (Å²) in [7, 11) is -3.49. The van der Waals surface area contributed by atoms with Gasteiger partial charge in [0, 0.05) is 0 Å². The maximum atomic E-state index is 11.4. The SMILES string of the molecule is O=C(S)CS(=O)(=O)c1ccccc1. The Hall–Kier alpha value is -0.810. The van der Waals surface area contributed by atoms with Gasteiger partial charge in [0.1, 0.15) is 5.75 Å². The highest BCUT2D eigenvalue weighted by Gasteiger charge is 2.16. The van der Waals surface area contributed by atoms with Crippen LogP contribution >= 0.6 is 12.6 Å². The third kappa shape index (κ3) is 2.86. The van der Waals surface area contributed by atoms with Gasteiger partial charge in [-0.2, -0.15) is 0 Å². The van der Waals surface area contributed by atoms with Gasteiger partial charge in [0.15, 0.2) is 9.84 Å². The first-order valence-corrected chi connectivity index (χ1v) is 5.62. The van der Waals surface area contributed by atoms with E-state index in [9.17, 15) is 13.2 Å². The Morgan fingerprint density at radius 3 is 2.23 bits per heavy atom. The molecule has 0 aromatic heterocycles. The van der Waals surface area contributed by atoms with Crippen LogP contribution in [0.3, 0.4) is 0 Å². The molecule has 13 heavy (non-hydrogen) atoms. The van der Waals surface area contributed by atoms with Crippen LogP contribution in [0.4, 0.5) is 0 Å². The molecule has 0 unspecified atom stereocenters. The highest BCUT2D eigenvalue weighted by atomic mass is 32.2. The van der Waals surface area contributed by atoms with Crippen molar-refractivity contribution in [2.45, 2.75) is 4.90 Å². The van der Waals surface area contributed by atoms with Crippen molar-refractivity contribution in [3.8, 4) is 0 Å². The fraction of sp³-hybridized carbons (Fsp3) is 0.125. The Kier molecular flexibility index (Phi) is 3.11. The summed E-state index contributed by atoms with van der Waals surface area (Å²) in [6, 6.07) is 7.82. The summed E-state index contributed by atoms with van der Waals surface area (Å²) in [4.78, 5) is 10.7. The van der Waals surface area contributed by atoms with Gasteiger partial charge in [-0.25, -0.2) is 8.42 Å². The lowest BCUT2D eigenvalue weighted by molar-refractivity contribution is -0.108. The Bertz CT molecular complexity index is 395. The Morgan fingerprint density at radius 2 is 1.77 bits per heavy atom. The number of rotatable bonds is 3. The van der Waals surface area contributed by atoms with E-state index >= 15 is 0 Å². The lowest BCUT2D eigenvalue weighted by atomic mass is 10.4. The normalized spacial score (nSPS) is 11.2. The molecule has 0 heterocycles. The average molecular weight is 216 g/mol. The summed E-state index contributed by atoms with van der Waals surface area (Å²) in [5.41, 5.74) is 0. The predicted octanol–water partition coefficient (Wildman–Crippen LogP) is 0.917. The first-order valence-electron chi connectivity index (χ1n) is 3.52. The van der Waals surface area contributed by atoms with Crippen LogP contribution in [0, 0.1) is 0 Å². The minimum Gasteiger partial charge on any atom is -0.286 e. The van der Waals surface area contributed by atoms with E-state index in [4.69, 9.17) is 0 Å². The molecule has 1 rings (SSSR count). The molecular formula is C8H8O3S2. The van der Waals surface area contributed by atoms with E-state index in [1.807, 2.05) is 0 Å². The molecule has 0 N–H and O–H groups in total. The summed E-state index contributed by atoms with van der Waals surface area (Å²) < 4.78 is 22.7. The number of carbonyl (C=O) groups excluding carboxylic acids is 1. The van der Waals surface area contributed by atoms with Gasteiger partial charge in [-0.3, -0.25) is 4.79 Å². The molecule has 0 aliphatic carbocycles. The van der Waals surface area contributed by atoms with E-state index < -0.39 is 20.7 Å². The molecule has 1 aromatic carbocycles. The molecule has 0 aliphatic heterocycles. The van der Waals surface area contributed by atoms with Crippen molar-refractivity contribution >= 4 is 27.6 Å². The van der Waals surface area contributed by atoms with Crippen molar-refractivity contribution in [2.24, 2.45) is 0 Å². The van der Waals surface area contributed by atoms with Gasteiger partial charge >= 0.3 is 0 Å². The summed E-state index contributed by atoms with van der Waals surface area (Å²) in [6.07, 6.45) is 0. The van der Waals surface area contributed by atoms with Gasteiger partial charge in [0.05, 0.1) is 4.90 Å². The van der Waals surface area contributed by atoms with Crippen molar-refractivity contribution in [1.29, 1.82) is 0 Å². The van der Waals surface area contributed by atoms with Crippen LogP contribution in [0.25, 0.3) is 0 Å². The second kappa shape index (κ2) is 3.93.